The van der Waals surface area contributed by atoms with Crippen molar-refractivity contribution < 1.29 is 9.18 Å². The highest BCUT2D eigenvalue weighted by Gasteiger charge is 2.14. The van der Waals surface area contributed by atoms with Crippen LogP contribution in [0.5, 0.6) is 0 Å². The number of nitrogens with two attached hydrogens (primary N) is 1. The van der Waals surface area contributed by atoms with E-state index < -0.39 is 5.91 Å². The van der Waals surface area contributed by atoms with Gasteiger partial charge in [-0.05, 0) is 49.8 Å². The number of benzene rings is 1. The maximum absolute atomic E-state index is 13.2. The van der Waals surface area contributed by atoms with Crippen LogP contribution < -0.4 is 10.6 Å². The first-order valence-corrected chi connectivity index (χ1v) is 7.36. The molecule has 1 aromatic carbocycles. The summed E-state index contributed by atoms with van der Waals surface area (Å²) in [4.78, 5) is 17.5. The second kappa shape index (κ2) is 7.05. The fourth-order valence-electron chi connectivity index (χ4n) is 2.09. The maximum atomic E-state index is 13.2. The van der Waals surface area contributed by atoms with Crippen molar-refractivity contribution in [1.82, 2.24) is 4.98 Å². The first-order chi connectivity index (χ1) is 10.9. The third-order valence-electron chi connectivity index (χ3n) is 3.58. The molecule has 1 aromatic heterocycles. The van der Waals surface area contributed by atoms with Crippen LogP contribution in [-0.4, -0.2) is 24.0 Å². The first kappa shape index (κ1) is 16.7. The van der Waals surface area contributed by atoms with Gasteiger partial charge in [0.05, 0.1) is 5.69 Å². The summed E-state index contributed by atoms with van der Waals surface area (Å²) in [5, 5.41) is 0. The predicted molar refractivity (Wildman–Crippen MR) is 91.4 cm³/mol. The predicted octanol–water partition coefficient (Wildman–Crippen LogP) is 3.23. The van der Waals surface area contributed by atoms with Gasteiger partial charge in [-0.3, -0.25) is 4.79 Å². The minimum absolute atomic E-state index is 0.233. The molecule has 5 heteroatoms. The molecule has 4 nitrogen and oxygen atoms in total. The zero-order valence-electron chi connectivity index (χ0n) is 13.5. The number of aromatic nitrogens is 1. The van der Waals surface area contributed by atoms with Gasteiger partial charge in [-0.1, -0.05) is 12.1 Å². The van der Waals surface area contributed by atoms with Crippen LogP contribution in [0.2, 0.25) is 0 Å². The second-order valence-electron chi connectivity index (χ2n) is 5.55. The molecule has 0 radical (unpaired) electrons. The summed E-state index contributed by atoms with van der Waals surface area (Å²) in [6, 6.07) is 10.2. The molecule has 2 N–H and O–H groups in total. The highest BCUT2D eigenvalue weighted by Crippen LogP contribution is 2.30. The number of rotatable bonds is 5. The van der Waals surface area contributed by atoms with Crippen molar-refractivity contribution in [3.05, 3.63) is 54.0 Å². The fourth-order valence-corrected chi connectivity index (χ4v) is 2.09. The Labute approximate surface area is 135 Å². The topological polar surface area (TPSA) is 59.2 Å². The molecule has 23 heavy (non-hydrogen) atoms. The van der Waals surface area contributed by atoms with E-state index in [1.807, 2.05) is 18.0 Å². The number of anilines is 1. The SMILES string of the molecule is CC(C)N(C)c1nc(/C=C/C(N)=O)ccc1-c1ccc(F)cc1. The number of pyridine rings is 1. The molecule has 0 aliphatic carbocycles. The molecule has 0 saturated carbocycles. The summed E-state index contributed by atoms with van der Waals surface area (Å²) in [5.41, 5.74) is 7.54. The van der Waals surface area contributed by atoms with Crippen LogP contribution in [0.15, 0.2) is 42.5 Å². The quantitative estimate of drug-likeness (QED) is 0.862. The van der Waals surface area contributed by atoms with Crippen LogP contribution in [0.3, 0.4) is 0 Å². The molecule has 1 amide bonds. The number of halogens is 1. The van der Waals surface area contributed by atoms with Gasteiger partial charge in [0.15, 0.2) is 0 Å². The van der Waals surface area contributed by atoms with Crippen LogP contribution >= 0.6 is 0 Å². The Hall–Kier alpha value is -2.69. The lowest BCUT2D eigenvalue weighted by Gasteiger charge is -2.25. The van der Waals surface area contributed by atoms with E-state index in [9.17, 15) is 9.18 Å². The monoisotopic (exact) mass is 313 g/mol. The number of primary amides is 1. The van der Waals surface area contributed by atoms with Gasteiger partial charge in [0.25, 0.3) is 0 Å². The van der Waals surface area contributed by atoms with Gasteiger partial charge in [-0.2, -0.15) is 0 Å². The van der Waals surface area contributed by atoms with E-state index in [1.54, 1.807) is 24.3 Å². The van der Waals surface area contributed by atoms with Gasteiger partial charge in [-0.25, -0.2) is 9.37 Å². The molecule has 0 aliphatic heterocycles. The van der Waals surface area contributed by atoms with E-state index in [2.05, 4.69) is 18.8 Å². The zero-order chi connectivity index (χ0) is 17.0. The third kappa shape index (κ3) is 4.16. The average molecular weight is 313 g/mol. The van der Waals surface area contributed by atoms with Crippen molar-refractivity contribution in [3.63, 3.8) is 0 Å². The summed E-state index contributed by atoms with van der Waals surface area (Å²) >= 11 is 0. The van der Waals surface area contributed by atoms with Gasteiger partial charge >= 0.3 is 0 Å². The van der Waals surface area contributed by atoms with Gasteiger partial charge in [-0.15, -0.1) is 0 Å². The lowest BCUT2D eigenvalue weighted by Crippen LogP contribution is -2.27. The van der Waals surface area contributed by atoms with Crippen molar-refractivity contribution in [3.8, 4) is 11.1 Å². The zero-order valence-corrected chi connectivity index (χ0v) is 13.5. The molecule has 0 aliphatic rings. The lowest BCUT2D eigenvalue weighted by molar-refractivity contribution is -0.113. The van der Waals surface area contributed by atoms with Crippen LogP contribution in [0.1, 0.15) is 19.5 Å². The molecule has 2 rings (SSSR count). The molecular weight excluding hydrogens is 293 g/mol. The maximum Gasteiger partial charge on any atom is 0.241 e. The summed E-state index contributed by atoms with van der Waals surface area (Å²) in [6.45, 7) is 4.12. The second-order valence-corrected chi connectivity index (χ2v) is 5.55. The van der Waals surface area contributed by atoms with Crippen molar-refractivity contribution in [2.75, 3.05) is 11.9 Å². The van der Waals surface area contributed by atoms with Gasteiger partial charge < -0.3 is 10.6 Å². The van der Waals surface area contributed by atoms with Crippen molar-refractivity contribution >= 4 is 17.8 Å². The first-order valence-electron chi connectivity index (χ1n) is 7.36. The Morgan fingerprint density at radius 3 is 2.43 bits per heavy atom. The van der Waals surface area contributed by atoms with E-state index >= 15 is 0 Å². The van der Waals surface area contributed by atoms with Crippen LogP contribution in [0.25, 0.3) is 17.2 Å². The van der Waals surface area contributed by atoms with Crippen molar-refractivity contribution in [1.29, 1.82) is 0 Å². The molecule has 0 fully saturated rings. The fraction of sp³-hybridized carbons (Fsp3) is 0.222. The highest BCUT2D eigenvalue weighted by molar-refractivity contribution is 5.90. The lowest BCUT2D eigenvalue weighted by atomic mass is 10.0. The molecule has 0 unspecified atom stereocenters. The summed E-state index contributed by atoms with van der Waals surface area (Å²) in [7, 11) is 1.95. The number of carbonyl (C=O) groups is 1. The standard InChI is InChI=1S/C18H20FN3O/c1-12(2)22(3)18-16(13-4-6-14(19)7-5-13)10-8-15(21-18)9-11-17(20)23/h4-12H,1-3H3,(H2,20,23)/b11-9+. The van der Waals surface area contributed by atoms with Crippen LogP contribution in [-0.2, 0) is 4.79 Å². The van der Waals surface area contributed by atoms with Crippen LogP contribution in [0, 0.1) is 5.82 Å². The molecule has 2 aromatic rings. The minimum atomic E-state index is -0.520. The molecule has 0 atom stereocenters. The normalized spacial score (nSPS) is 11.2. The van der Waals surface area contributed by atoms with E-state index in [-0.39, 0.29) is 11.9 Å². The van der Waals surface area contributed by atoms with Gasteiger partial charge in [0, 0.05) is 24.7 Å². The number of carbonyl (C=O) groups excluding carboxylic acids is 1. The van der Waals surface area contributed by atoms with E-state index in [1.165, 1.54) is 18.2 Å². The number of nitrogens with zero attached hydrogens (tertiary/aromatic N) is 2. The Kier molecular flexibility index (Phi) is 5.11. The number of hydrogen-bond donors (Lipinski definition) is 1. The molecule has 0 saturated heterocycles. The van der Waals surface area contributed by atoms with Crippen LogP contribution in [0.4, 0.5) is 10.2 Å². The summed E-state index contributed by atoms with van der Waals surface area (Å²) in [5.74, 6) is -0.0344. The van der Waals surface area contributed by atoms with Gasteiger partial charge in [0.1, 0.15) is 11.6 Å². The van der Waals surface area contributed by atoms with E-state index in [0.29, 0.717) is 5.69 Å². The molecule has 0 bridgehead atoms. The Balaban J connectivity index is 2.52. The van der Waals surface area contributed by atoms with Crippen molar-refractivity contribution in [2.45, 2.75) is 19.9 Å². The van der Waals surface area contributed by atoms with Gasteiger partial charge in [0.2, 0.25) is 5.91 Å². The Morgan fingerprint density at radius 1 is 1.22 bits per heavy atom. The van der Waals surface area contributed by atoms with E-state index in [4.69, 9.17) is 5.73 Å². The average Bonchev–Trinajstić information content (AvgIpc) is 2.52. The Bertz CT molecular complexity index is 724. The van der Waals surface area contributed by atoms with E-state index in [0.717, 1.165) is 16.9 Å². The molecule has 1 heterocycles. The molecule has 0 spiro atoms. The number of hydrogen-bond acceptors (Lipinski definition) is 3. The Morgan fingerprint density at radius 2 is 1.87 bits per heavy atom. The summed E-state index contributed by atoms with van der Waals surface area (Å²) < 4.78 is 13.2. The number of amides is 1. The smallest absolute Gasteiger partial charge is 0.241 e. The molecular formula is C18H20FN3O. The molecule has 120 valence electrons. The largest absolute Gasteiger partial charge is 0.366 e. The highest BCUT2D eigenvalue weighted by atomic mass is 19.1. The van der Waals surface area contributed by atoms with Crippen molar-refractivity contribution in [2.24, 2.45) is 5.73 Å². The third-order valence-corrected chi connectivity index (χ3v) is 3.58. The summed E-state index contributed by atoms with van der Waals surface area (Å²) in [6.07, 6.45) is 2.85. The minimum Gasteiger partial charge on any atom is -0.366 e.